The number of aromatic hydroxyl groups is 1. The highest BCUT2D eigenvalue weighted by molar-refractivity contribution is 6.24. The Morgan fingerprint density at radius 2 is 1.81 bits per heavy atom. The number of Topliss-reactive ketones (excluding diaryl/α,β-unsaturated/α-hetero) is 2. The quantitative estimate of drug-likeness (QED) is 0.264. The summed E-state index contributed by atoms with van der Waals surface area (Å²) >= 11 is 0. The number of carbonyl (C=O) groups excluding carboxylic acids is 3. The number of likely N-dealkylation sites (N-methyl/N-ethyl adjacent to an activating group) is 1. The lowest BCUT2D eigenvalue weighted by Gasteiger charge is -2.50. The molecule has 4 atom stereocenters. The summed E-state index contributed by atoms with van der Waals surface area (Å²) in [5.74, 6) is -6.77. The number of anilines is 1. The second-order valence-electron chi connectivity index (χ2n) is 10.1. The van der Waals surface area contributed by atoms with Gasteiger partial charge in [-0.05, 0) is 67.7 Å². The molecule has 3 aliphatic rings. The van der Waals surface area contributed by atoms with Gasteiger partial charge >= 0.3 is 0 Å². The van der Waals surface area contributed by atoms with E-state index in [2.05, 4.69) is 0 Å². The van der Waals surface area contributed by atoms with Crippen LogP contribution in [0.3, 0.4) is 0 Å². The minimum atomic E-state index is -2.66. The van der Waals surface area contributed by atoms with Crippen LogP contribution in [-0.2, 0) is 16.0 Å². The summed E-state index contributed by atoms with van der Waals surface area (Å²) in [5.41, 5.74) is 10.1. The number of hydrogen-bond acceptors (Lipinski definition) is 9. The highest BCUT2D eigenvalue weighted by Crippen LogP contribution is 2.53. The zero-order valence-electron chi connectivity index (χ0n) is 20.2. The number of ketones is 2. The van der Waals surface area contributed by atoms with E-state index in [0.29, 0.717) is 16.8 Å². The number of aliphatic hydroxyl groups excluding tert-OH is 2. The number of nitrogens with zero attached hydrogens (tertiary/aromatic N) is 1. The van der Waals surface area contributed by atoms with E-state index >= 15 is 0 Å². The van der Waals surface area contributed by atoms with Gasteiger partial charge in [0.2, 0.25) is 5.78 Å². The van der Waals surface area contributed by atoms with Gasteiger partial charge in [-0.2, -0.15) is 0 Å². The first kappa shape index (κ1) is 24.5. The van der Waals surface area contributed by atoms with Gasteiger partial charge in [0.15, 0.2) is 11.4 Å². The Hall–Kier alpha value is -4.15. The molecule has 0 aromatic heterocycles. The van der Waals surface area contributed by atoms with E-state index in [-0.39, 0.29) is 29.7 Å². The molecule has 0 heterocycles. The first-order chi connectivity index (χ1) is 17.4. The van der Waals surface area contributed by atoms with E-state index < -0.39 is 58.0 Å². The Bertz CT molecular complexity index is 1460. The van der Waals surface area contributed by atoms with Crippen LogP contribution in [0.2, 0.25) is 0 Å². The van der Waals surface area contributed by atoms with E-state index in [1.54, 1.807) is 38.4 Å². The molecule has 0 radical (unpaired) electrons. The summed E-state index contributed by atoms with van der Waals surface area (Å²) in [6, 6.07) is 9.08. The molecule has 8 N–H and O–H groups in total. The molecule has 3 aliphatic carbocycles. The van der Waals surface area contributed by atoms with Crippen LogP contribution in [-0.4, -0.2) is 68.5 Å². The number of hydrogen-bond donors (Lipinski definition) is 6. The summed E-state index contributed by atoms with van der Waals surface area (Å²) in [6.07, 6.45) is 0.227. The van der Waals surface area contributed by atoms with Gasteiger partial charge < -0.3 is 31.9 Å². The van der Waals surface area contributed by atoms with E-state index in [1.807, 2.05) is 6.07 Å². The summed E-state index contributed by atoms with van der Waals surface area (Å²) in [4.78, 5) is 40.7. The molecule has 0 saturated heterocycles. The molecule has 1 amide bonds. The molecule has 0 bridgehead atoms. The molecular formula is C27H27N3O7. The Labute approximate surface area is 212 Å². The van der Waals surface area contributed by atoms with Gasteiger partial charge in [0.25, 0.3) is 5.91 Å². The van der Waals surface area contributed by atoms with Gasteiger partial charge in [-0.3, -0.25) is 19.3 Å². The smallest absolute Gasteiger partial charge is 0.255 e. The molecule has 5 rings (SSSR count). The number of nitrogen functional groups attached to an aromatic ring is 1. The summed E-state index contributed by atoms with van der Waals surface area (Å²) < 4.78 is 0. The average Bonchev–Trinajstić information content (AvgIpc) is 2.81. The Morgan fingerprint density at radius 1 is 1.11 bits per heavy atom. The zero-order valence-corrected chi connectivity index (χ0v) is 20.2. The molecule has 0 fully saturated rings. The van der Waals surface area contributed by atoms with Crippen molar-refractivity contribution in [2.24, 2.45) is 17.6 Å². The number of amides is 1. The van der Waals surface area contributed by atoms with Gasteiger partial charge in [-0.15, -0.1) is 0 Å². The number of phenolic OH excluding ortho intramolecular Hbond substituents is 1. The fourth-order valence-corrected chi connectivity index (χ4v) is 6.23. The predicted octanol–water partition coefficient (Wildman–Crippen LogP) is 1.37. The number of benzene rings is 2. The second-order valence-corrected chi connectivity index (χ2v) is 10.1. The van der Waals surface area contributed by atoms with Crippen molar-refractivity contribution in [3.8, 4) is 16.9 Å². The fourth-order valence-electron chi connectivity index (χ4n) is 6.23. The number of primary amides is 1. The van der Waals surface area contributed by atoms with Crippen molar-refractivity contribution in [2.75, 3.05) is 19.8 Å². The largest absolute Gasteiger partial charge is 0.510 e. The van der Waals surface area contributed by atoms with Crippen LogP contribution in [0.15, 0.2) is 59.1 Å². The van der Waals surface area contributed by atoms with Gasteiger partial charge in [-0.25, -0.2) is 0 Å². The van der Waals surface area contributed by atoms with Gasteiger partial charge in [0.1, 0.15) is 22.8 Å². The number of nitrogens with two attached hydrogens (primary N) is 2. The van der Waals surface area contributed by atoms with Crippen LogP contribution in [0.4, 0.5) is 5.69 Å². The number of rotatable bonds is 3. The third-order valence-corrected chi connectivity index (χ3v) is 7.80. The minimum absolute atomic E-state index is 0.0256. The van der Waals surface area contributed by atoms with E-state index in [0.717, 1.165) is 5.56 Å². The lowest BCUT2D eigenvalue weighted by molar-refractivity contribution is -0.148. The number of allylic oxidation sites excluding steroid dienone is 1. The lowest BCUT2D eigenvalue weighted by atomic mass is 9.58. The highest BCUT2D eigenvalue weighted by Gasteiger charge is 2.63. The molecule has 4 unspecified atom stereocenters. The van der Waals surface area contributed by atoms with Crippen molar-refractivity contribution in [3.05, 3.63) is 70.2 Å². The van der Waals surface area contributed by atoms with Crippen LogP contribution in [0.5, 0.6) is 5.75 Å². The van der Waals surface area contributed by atoms with Gasteiger partial charge in [0.05, 0.1) is 11.6 Å². The molecule has 10 nitrogen and oxygen atoms in total. The number of carbonyl (C=O) groups is 3. The summed E-state index contributed by atoms with van der Waals surface area (Å²) in [6.45, 7) is 0. The molecule has 192 valence electrons. The van der Waals surface area contributed by atoms with Gasteiger partial charge in [0, 0.05) is 17.2 Å². The van der Waals surface area contributed by atoms with Crippen molar-refractivity contribution >= 4 is 23.2 Å². The maximum atomic E-state index is 13.8. The Kier molecular flexibility index (Phi) is 5.43. The van der Waals surface area contributed by atoms with Crippen molar-refractivity contribution in [2.45, 2.75) is 24.5 Å². The predicted molar refractivity (Wildman–Crippen MR) is 134 cm³/mol. The number of aliphatic hydroxyl groups is 3. The molecule has 0 aliphatic heterocycles. The number of fused-ring (bicyclic) bond motifs is 3. The third-order valence-electron chi connectivity index (χ3n) is 7.80. The normalized spacial score (nSPS) is 27.2. The molecule has 2 aromatic rings. The fraction of sp³-hybridized carbons (Fsp3) is 0.296. The summed E-state index contributed by atoms with van der Waals surface area (Å²) in [7, 11) is 3.17. The third kappa shape index (κ3) is 3.29. The highest BCUT2D eigenvalue weighted by atomic mass is 16.3. The lowest BCUT2D eigenvalue weighted by Crippen LogP contribution is -2.63. The molecule has 0 saturated carbocycles. The van der Waals surface area contributed by atoms with E-state index in [1.165, 1.54) is 11.0 Å². The van der Waals surface area contributed by atoms with Crippen molar-refractivity contribution in [3.63, 3.8) is 0 Å². The topological polar surface area (TPSA) is 187 Å². The first-order valence-electron chi connectivity index (χ1n) is 11.7. The van der Waals surface area contributed by atoms with E-state index in [9.17, 15) is 34.8 Å². The molecule has 37 heavy (non-hydrogen) atoms. The van der Waals surface area contributed by atoms with Crippen LogP contribution in [0, 0.1) is 11.8 Å². The van der Waals surface area contributed by atoms with Crippen molar-refractivity contribution in [1.82, 2.24) is 4.90 Å². The van der Waals surface area contributed by atoms with Gasteiger partial charge in [-0.1, -0.05) is 18.2 Å². The SMILES string of the molecule is CN(C)C1C(O)=C(C(N)=O)C(=O)C2(O)C(O)=C3C(=O)c4c(O)ccc(-c5cccc(N)c5)c4CC3CC12. The maximum Gasteiger partial charge on any atom is 0.255 e. The van der Waals surface area contributed by atoms with Crippen molar-refractivity contribution in [1.29, 1.82) is 0 Å². The summed E-state index contributed by atoms with van der Waals surface area (Å²) in [5, 5.41) is 44.5. The molecule has 0 spiro atoms. The Morgan fingerprint density at radius 3 is 2.43 bits per heavy atom. The molecule has 2 aromatic carbocycles. The van der Waals surface area contributed by atoms with Crippen LogP contribution < -0.4 is 11.5 Å². The van der Waals surface area contributed by atoms with Crippen LogP contribution in [0.1, 0.15) is 22.3 Å². The van der Waals surface area contributed by atoms with Crippen LogP contribution in [0.25, 0.3) is 11.1 Å². The maximum absolute atomic E-state index is 13.8. The minimum Gasteiger partial charge on any atom is -0.510 e. The standard InChI is InChI=1S/C27H27N3O7/c1-30(2)21-16-10-12-9-15-14(11-4-3-5-13(28)8-11)6-7-17(31)19(15)22(32)18(12)24(34)27(16,37)25(35)20(23(21)33)26(29)36/h3-8,12,16,21,31,33-34,37H,9-10,28H2,1-2H3,(H2,29,36). The van der Waals surface area contributed by atoms with Crippen LogP contribution >= 0.6 is 0 Å². The first-order valence-corrected chi connectivity index (χ1v) is 11.7. The Balaban J connectivity index is 1.73. The van der Waals surface area contributed by atoms with Crippen molar-refractivity contribution < 1.29 is 34.8 Å². The second kappa shape index (κ2) is 8.19. The monoisotopic (exact) mass is 505 g/mol. The average molecular weight is 506 g/mol. The zero-order chi connectivity index (χ0) is 27.0. The number of phenols is 1. The molecule has 10 heteroatoms. The molecular weight excluding hydrogens is 478 g/mol. The van der Waals surface area contributed by atoms with E-state index in [4.69, 9.17) is 11.5 Å².